The second-order valence-corrected chi connectivity index (χ2v) is 9.69. The summed E-state index contributed by atoms with van der Waals surface area (Å²) in [7, 11) is -3.54. The average molecular weight is 414 g/mol. The highest BCUT2D eigenvalue weighted by molar-refractivity contribution is 7.89. The molecular weight excluding hydrogens is 390 g/mol. The van der Waals surface area contributed by atoms with Crippen molar-refractivity contribution in [3.8, 4) is 11.1 Å². The third kappa shape index (κ3) is 4.11. The number of aromatic nitrogens is 1. The Hall–Kier alpha value is -2.22. The van der Waals surface area contributed by atoms with Crippen LogP contribution < -0.4 is 9.62 Å². The molecule has 3 aromatic rings. The van der Waals surface area contributed by atoms with Gasteiger partial charge >= 0.3 is 0 Å². The topological polar surface area (TPSA) is 62.3 Å². The number of hydrogen-bond donors (Lipinski definition) is 1. The van der Waals surface area contributed by atoms with E-state index < -0.39 is 10.0 Å². The summed E-state index contributed by atoms with van der Waals surface area (Å²) in [5, 5.41) is 2.91. The fourth-order valence-electron chi connectivity index (χ4n) is 3.60. The van der Waals surface area contributed by atoms with E-state index in [0.29, 0.717) is 11.4 Å². The van der Waals surface area contributed by atoms with E-state index in [1.54, 1.807) is 29.7 Å². The van der Waals surface area contributed by atoms with Gasteiger partial charge in [-0.15, -0.1) is 11.3 Å². The predicted octanol–water partition coefficient (Wildman–Crippen LogP) is 4.07. The van der Waals surface area contributed by atoms with Crippen LogP contribution in [0.3, 0.4) is 0 Å². The zero-order valence-electron chi connectivity index (χ0n) is 15.7. The summed E-state index contributed by atoms with van der Waals surface area (Å²) in [4.78, 5) is 6.86. The number of hydrogen-bond acceptors (Lipinski definition) is 5. The van der Waals surface area contributed by atoms with Gasteiger partial charge in [-0.25, -0.2) is 18.1 Å². The molecule has 0 amide bonds. The maximum Gasteiger partial charge on any atom is 0.240 e. The molecule has 0 saturated carbocycles. The van der Waals surface area contributed by atoms with Gasteiger partial charge in [0, 0.05) is 30.7 Å². The van der Waals surface area contributed by atoms with E-state index in [4.69, 9.17) is 0 Å². The van der Waals surface area contributed by atoms with E-state index in [9.17, 15) is 8.42 Å². The Morgan fingerprint density at radius 3 is 2.71 bits per heavy atom. The number of rotatable bonds is 6. The summed E-state index contributed by atoms with van der Waals surface area (Å²) in [6.45, 7) is 3.36. The minimum atomic E-state index is -3.54. The molecule has 28 heavy (non-hydrogen) atoms. The fraction of sp³-hybridized carbons (Fsp3) is 0.286. The molecule has 1 fully saturated rings. The first kappa shape index (κ1) is 19.1. The zero-order valence-corrected chi connectivity index (χ0v) is 17.3. The molecule has 1 aliphatic rings. The Bertz CT molecular complexity index is 1030. The Balaban J connectivity index is 1.45. The minimum Gasteiger partial charge on any atom is -0.344 e. The Kier molecular flexibility index (Phi) is 5.48. The first-order chi connectivity index (χ1) is 13.5. The van der Waals surface area contributed by atoms with E-state index in [-0.39, 0.29) is 6.04 Å². The van der Waals surface area contributed by atoms with Crippen LogP contribution in [0.25, 0.3) is 11.1 Å². The van der Waals surface area contributed by atoms with Crippen LogP contribution in [0.1, 0.15) is 18.4 Å². The van der Waals surface area contributed by atoms with Crippen molar-refractivity contribution in [3.05, 3.63) is 65.7 Å². The number of thiazole rings is 1. The molecule has 2 aromatic carbocycles. The molecule has 1 atom stereocenters. The van der Waals surface area contributed by atoms with Crippen LogP contribution in [-0.2, 0) is 10.0 Å². The summed E-state index contributed by atoms with van der Waals surface area (Å²) in [5.41, 5.74) is 3.27. The molecule has 7 heteroatoms. The number of sulfonamides is 1. The lowest BCUT2D eigenvalue weighted by Crippen LogP contribution is -2.40. The number of benzene rings is 2. The van der Waals surface area contributed by atoms with Crippen LogP contribution in [0.2, 0.25) is 0 Å². The Labute approximate surface area is 170 Å². The molecule has 0 bridgehead atoms. The molecule has 1 saturated heterocycles. The number of anilines is 1. The molecule has 1 aliphatic heterocycles. The smallest absolute Gasteiger partial charge is 0.240 e. The molecule has 0 aliphatic carbocycles. The molecule has 0 radical (unpaired) electrons. The monoisotopic (exact) mass is 413 g/mol. The second kappa shape index (κ2) is 8.03. The largest absolute Gasteiger partial charge is 0.344 e. The van der Waals surface area contributed by atoms with E-state index >= 15 is 0 Å². The van der Waals surface area contributed by atoms with Gasteiger partial charge in [-0.1, -0.05) is 42.0 Å². The van der Waals surface area contributed by atoms with Crippen LogP contribution in [0.5, 0.6) is 0 Å². The van der Waals surface area contributed by atoms with Gasteiger partial charge in [-0.05, 0) is 43.0 Å². The zero-order chi connectivity index (χ0) is 19.6. The van der Waals surface area contributed by atoms with Gasteiger partial charge in [0.05, 0.1) is 4.90 Å². The van der Waals surface area contributed by atoms with Crippen molar-refractivity contribution in [3.63, 3.8) is 0 Å². The molecule has 1 N–H and O–H groups in total. The summed E-state index contributed by atoms with van der Waals surface area (Å²) in [5.74, 6) is 0. The van der Waals surface area contributed by atoms with Crippen LogP contribution in [0, 0.1) is 6.92 Å². The van der Waals surface area contributed by atoms with E-state index in [0.717, 1.165) is 35.6 Å². The van der Waals surface area contributed by atoms with Gasteiger partial charge in [0.15, 0.2) is 5.13 Å². The van der Waals surface area contributed by atoms with Crippen molar-refractivity contribution in [2.75, 3.05) is 18.0 Å². The lowest BCUT2D eigenvalue weighted by Gasteiger charge is -2.24. The lowest BCUT2D eigenvalue weighted by atomic mass is 10.0. The van der Waals surface area contributed by atoms with Crippen LogP contribution in [-0.4, -0.2) is 32.5 Å². The summed E-state index contributed by atoms with van der Waals surface area (Å²) >= 11 is 1.59. The molecule has 5 nitrogen and oxygen atoms in total. The standard InChI is InChI=1S/C21H23N3O2S2/c1-16-4-2-5-18(14-16)17-7-9-20(10-8-17)28(25,26)23-15-19-6-3-12-24(19)21-22-11-13-27-21/h2,4-5,7-11,13-14,19,23H,3,6,12,15H2,1H3. The van der Waals surface area contributed by atoms with Crippen molar-refractivity contribution in [1.29, 1.82) is 0 Å². The third-order valence-corrected chi connectivity index (χ3v) is 7.32. The summed E-state index contributed by atoms with van der Waals surface area (Å²) in [6, 6.07) is 15.4. The summed E-state index contributed by atoms with van der Waals surface area (Å²) in [6.07, 6.45) is 3.81. The van der Waals surface area contributed by atoms with Crippen LogP contribution in [0.15, 0.2) is 65.0 Å². The molecule has 146 valence electrons. The number of aryl methyl sites for hydroxylation is 1. The maximum atomic E-state index is 12.7. The molecule has 4 rings (SSSR count). The van der Waals surface area contributed by atoms with E-state index in [1.807, 2.05) is 42.6 Å². The molecule has 0 spiro atoms. The van der Waals surface area contributed by atoms with E-state index in [2.05, 4.69) is 20.7 Å². The van der Waals surface area contributed by atoms with E-state index in [1.165, 1.54) is 5.56 Å². The molecule has 2 heterocycles. The quantitative estimate of drug-likeness (QED) is 0.662. The van der Waals surface area contributed by atoms with Gasteiger partial charge in [-0.2, -0.15) is 0 Å². The third-order valence-electron chi connectivity index (χ3n) is 5.07. The van der Waals surface area contributed by atoms with Gasteiger partial charge in [-0.3, -0.25) is 0 Å². The van der Waals surface area contributed by atoms with Crippen molar-refractivity contribution < 1.29 is 8.42 Å². The van der Waals surface area contributed by atoms with Crippen molar-refractivity contribution in [2.45, 2.75) is 30.7 Å². The summed E-state index contributed by atoms with van der Waals surface area (Å²) < 4.78 is 28.3. The highest BCUT2D eigenvalue weighted by Gasteiger charge is 2.27. The van der Waals surface area contributed by atoms with Crippen molar-refractivity contribution in [2.24, 2.45) is 0 Å². The molecular formula is C21H23N3O2S2. The number of nitrogens with zero attached hydrogens (tertiary/aromatic N) is 2. The highest BCUT2D eigenvalue weighted by Crippen LogP contribution is 2.27. The van der Waals surface area contributed by atoms with Gasteiger partial charge in [0.1, 0.15) is 0 Å². The number of nitrogens with one attached hydrogen (secondary N) is 1. The van der Waals surface area contributed by atoms with Crippen LogP contribution in [0.4, 0.5) is 5.13 Å². The molecule has 1 aromatic heterocycles. The Morgan fingerprint density at radius 1 is 1.18 bits per heavy atom. The maximum absolute atomic E-state index is 12.7. The van der Waals surface area contributed by atoms with Crippen LogP contribution >= 0.6 is 11.3 Å². The Morgan fingerprint density at radius 2 is 2.00 bits per heavy atom. The minimum absolute atomic E-state index is 0.146. The highest BCUT2D eigenvalue weighted by atomic mass is 32.2. The van der Waals surface area contributed by atoms with Gasteiger partial charge in [0.2, 0.25) is 10.0 Å². The lowest BCUT2D eigenvalue weighted by molar-refractivity contribution is 0.567. The molecule has 1 unspecified atom stereocenters. The first-order valence-electron chi connectivity index (χ1n) is 9.36. The predicted molar refractivity (Wildman–Crippen MR) is 114 cm³/mol. The fourth-order valence-corrected chi connectivity index (χ4v) is 5.41. The van der Waals surface area contributed by atoms with Crippen molar-refractivity contribution >= 4 is 26.5 Å². The second-order valence-electron chi connectivity index (χ2n) is 7.05. The SMILES string of the molecule is Cc1cccc(-c2ccc(S(=O)(=O)NCC3CCCN3c3nccs3)cc2)c1. The first-order valence-corrected chi connectivity index (χ1v) is 11.7. The average Bonchev–Trinajstić information content (AvgIpc) is 3.38. The van der Waals surface area contributed by atoms with Gasteiger partial charge < -0.3 is 4.90 Å². The normalized spacial score (nSPS) is 17.2. The van der Waals surface area contributed by atoms with Crippen molar-refractivity contribution in [1.82, 2.24) is 9.71 Å². The van der Waals surface area contributed by atoms with Gasteiger partial charge in [0.25, 0.3) is 0 Å².